The van der Waals surface area contributed by atoms with Gasteiger partial charge in [-0.25, -0.2) is 9.86 Å². The number of rotatable bonds is 3. The van der Waals surface area contributed by atoms with E-state index < -0.39 is 17.2 Å². The van der Waals surface area contributed by atoms with Gasteiger partial charge in [0.2, 0.25) is 0 Å². The lowest BCUT2D eigenvalue weighted by molar-refractivity contribution is -0.205. The van der Waals surface area contributed by atoms with Crippen molar-refractivity contribution in [2.45, 2.75) is 31.9 Å². The minimum Gasteiger partial charge on any atom is -0.444 e. The van der Waals surface area contributed by atoms with Crippen LogP contribution < -0.4 is 0 Å². The van der Waals surface area contributed by atoms with Gasteiger partial charge in [0.05, 0.1) is 20.3 Å². The highest BCUT2D eigenvalue weighted by molar-refractivity contribution is 5.90. The summed E-state index contributed by atoms with van der Waals surface area (Å²) in [5.41, 5.74) is -1.67. The van der Waals surface area contributed by atoms with Crippen molar-refractivity contribution in [3.05, 3.63) is 0 Å². The quantitative estimate of drug-likeness (QED) is 0.707. The molecule has 1 aliphatic heterocycles. The number of ether oxygens (including phenoxy) is 2. The Balaban J connectivity index is 2.85. The summed E-state index contributed by atoms with van der Waals surface area (Å²) in [5, 5.41) is 1.09. The maximum Gasteiger partial charge on any atom is 0.411 e. The Bertz CT molecular complexity index is 360. The molecule has 0 unspecified atom stereocenters. The van der Waals surface area contributed by atoms with E-state index >= 15 is 0 Å². The highest BCUT2D eigenvalue weighted by atomic mass is 16.7. The maximum absolute atomic E-state index is 12.3. The average Bonchev–Trinajstić information content (AvgIpc) is 2.23. The lowest BCUT2D eigenvalue weighted by Gasteiger charge is -2.47. The second-order valence-corrected chi connectivity index (χ2v) is 5.55. The SMILES string of the molecule is CON(C)C(=O)C1(N(C)C(=O)OC(C)(C)C)COC1. The molecule has 0 N–H and O–H groups in total. The Hall–Kier alpha value is -1.34. The molecule has 1 rings (SSSR count). The second-order valence-electron chi connectivity index (χ2n) is 5.55. The van der Waals surface area contributed by atoms with Crippen LogP contribution in [0.3, 0.4) is 0 Å². The summed E-state index contributed by atoms with van der Waals surface area (Å²) < 4.78 is 10.4. The molecule has 0 bridgehead atoms. The number of hydroxylamine groups is 2. The number of carbonyl (C=O) groups excluding carboxylic acids is 2. The van der Waals surface area contributed by atoms with Gasteiger partial charge in [-0.05, 0) is 20.8 Å². The van der Waals surface area contributed by atoms with Crippen molar-refractivity contribution in [1.29, 1.82) is 0 Å². The number of carbonyl (C=O) groups is 2. The maximum atomic E-state index is 12.3. The molecule has 110 valence electrons. The second kappa shape index (κ2) is 5.34. The van der Waals surface area contributed by atoms with Gasteiger partial charge in [-0.1, -0.05) is 0 Å². The topological polar surface area (TPSA) is 68.3 Å². The highest BCUT2D eigenvalue weighted by Crippen LogP contribution is 2.28. The Morgan fingerprint density at radius 3 is 2.05 bits per heavy atom. The molecule has 7 nitrogen and oxygen atoms in total. The number of nitrogens with zero attached hydrogens (tertiary/aromatic N) is 2. The molecule has 19 heavy (non-hydrogen) atoms. The van der Waals surface area contributed by atoms with E-state index in [2.05, 4.69) is 0 Å². The monoisotopic (exact) mass is 274 g/mol. The zero-order valence-corrected chi connectivity index (χ0v) is 12.3. The molecule has 1 heterocycles. The first-order valence-electron chi connectivity index (χ1n) is 6.01. The van der Waals surface area contributed by atoms with Gasteiger partial charge in [-0.2, -0.15) is 0 Å². The normalized spacial score (nSPS) is 17.4. The summed E-state index contributed by atoms with van der Waals surface area (Å²) in [6.45, 7) is 5.58. The van der Waals surface area contributed by atoms with Crippen molar-refractivity contribution in [3.8, 4) is 0 Å². The molecule has 0 aromatic heterocycles. The van der Waals surface area contributed by atoms with Gasteiger partial charge in [-0.3, -0.25) is 14.5 Å². The van der Waals surface area contributed by atoms with Gasteiger partial charge < -0.3 is 9.47 Å². The van der Waals surface area contributed by atoms with Gasteiger partial charge in [0.15, 0.2) is 5.54 Å². The van der Waals surface area contributed by atoms with Gasteiger partial charge in [0.25, 0.3) is 5.91 Å². The van der Waals surface area contributed by atoms with Crippen LogP contribution >= 0.6 is 0 Å². The van der Waals surface area contributed by atoms with E-state index in [0.29, 0.717) is 0 Å². The number of hydrogen-bond acceptors (Lipinski definition) is 5. The molecule has 1 aliphatic rings. The van der Waals surface area contributed by atoms with Crippen LogP contribution in [0, 0.1) is 0 Å². The molecule has 0 aliphatic carbocycles. The highest BCUT2D eigenvalue weighted by Gasteiger charge is 2.54. The minimum atomic E-state index is -1.05. The summed E-state index contributed by atoms with van der Waals surface area (Å²) in [6.07, 6.45) is -0.561. The van der Waals surface area contributed by atoms with Gasteiger partial charge >= 0.3 is 6.09 Å². The van der Waals surface area contributed by atoms with Gasteiger partial charge in [0, 0.05) is 14.1 Å². The molecule has 1 fully saturated rings. The van der Waals surface area contributed by atoms with E-state index in [0.717, 1.165) is 5.06 Å². The van der Waals surface area contributed by atoms with Crippen LogP contribution in [-0.2, 0) is 19.1 Å². The van der Waals surface area contributed by atoms with E-state index in [1.165, 1.54) is 26.1 Å². The predicted molar refractivity (Wildman–Crippen MR) is 67.3 cm³/mol. The molecular weight excluding hydrogens is 252 g/mol. The predicted octanol–water partition coefficient (Wildman–Crippen LogP) is 0.642. The van der Waals surface area contributed by atoms with Crippen molar-refractivity contribution in [1.82, 2.24) is 9.96 Å². The average molecular weight is 274 g/mol. The first-order valence-corrected chi connectivity index (χ1v) is 6.01. The summed E-state index contributed by atoms with van der Waals surface area (Å²) in [6, 6.07) is 0. The van der Waals surface area contributed by atoms with Crippen molar-refractivity contribution >= 4 is 12.0 Å². The van der Waals surface area contributed by atoms with Crippen LogP contribution in [0.25, 0.3) is 0 Å². The summed E-state index contributed by atoms with van der Waals surface area (Å²) >= 11 is 0. The van der Waals surface area contributed by atoms with E-state index in [4.69, 9.17) is 14.3 Å². The molecule has 2 amide bonds. The fourth-order valence-corrected chi connectivity index (χ4v) is 1.64. The van der Waals surface area contributed by atoms with Gasteiger partial charge in [0.1, 0.15) is 5.60 Å². The van der Waals surface area contributed by atoms with Crippen LogP contribution in [-0.4, -0.2) is 67.5 Å². The zero-order chi connectivity index (χ0) is 14.8. The van der Waals surface area contributed by atoms with Gasteiger partial charge in [-0.15, -0.1) is 0 Å². The van der Waals surface area contributed by atoms with Crippen molar-refractivity contribution in [3.63, 3.8) is 0 Å². The molecule has 0 atom stereocenters. The standard InChI is InChI=1S/C12H22N2O5/c1-11(2,3)19-10(16)13(4)12(7-18-8-12)9(15)14(5)17-6/h7-8H2,1-6H3. The Morgan fingerprint density at radius 2 is 1.74 bits per heavy atom. The minimum absolute atomic E-state index is 0.134. The van der Waals surface area contributed by atoms with Crippen LogP contribution in [0.5, 0.6) is 0 Å². The fourth-order valence-electron chi connectivity index (χ4n) is 1.64. The van der Waals surface area contributed by atoms with Crippen LogP contribution in [0.1, 0.15) is 20.8 Å². The van der Waals surface area contributed by atoms with Crippen LogP contribution in [0.4, 0.5) is 4.79 Å². The Morgan fingerprint density at radius 1 is 1.21 bits per heavy atom. The third kappa shape index (κ3) is 3.16. The fraction of sp³-hybridized carbons (Fsp3) is 0.833. The van der Waals surface area contributed by atoms with Crippen LogP contribution in [0.15, 0.2) is 0 Å². The molecule has 0 aromatic carbocycles. The van der Waals surface area contributed by atoms with Crippen molar-refractivity contribution in [2.75, 3.05) is 34.4 Å². The summed E-state index contributed by atoms with van der Waals surface area (Å²) in [4.78, 5) is 30.5. The number of likely N-dealkylation sites (N-methyl/N-ethyl adjacent to an activating group) is 2. The van der Waals surface area contributed by atoms with E-state index in [-0.39, 0.29) is 19.1 Å². The zero-order valence-electron chi connectivity index (χ0n) is 12.3. The lowest BCUT2D eigenvalue weighted by Crippen LogP contribution is -2.70. The third-order valence-corrected chi connectivity index (χ3v) is 2.95. The smallest absolute Gasteiger partial charge is 0.411 e. The molecule has 1 saturated heterocycles. The summed E-state index contributed by atoms with van der Waals surface area (Å²) in [5.74, 6) is -0.338. The van der Waals surface area contributed by atoms with Crippen LogP contribution in [0.2, 0.25) is 0 Å². The number of amides is 2. The first kappa shape index (κ1) is 15.7. The van der Waals surface area contributed by atoms with E-state index in [1.54, 1.807) is 20.8 Å². The molecule has 7 heteroatoms. The Kier molecular flexibility index (Phi) is 4.42. The van der Waals surface area contributed by atoms with E-state index in [1.807, 2.05) is 0 Å². The Labute approximate surface area is 113 Å². The molecular formula is C12H22N2O5. The molecule has 0 saturated carbocycles. The summed E-state index contributed by atoms with van der Waals surface area (Å²) in [7, 11) is 4.40. The first-order chi connectivity index (χ1) is 8.64. The third-order valence-electron chi connectivity index (χ3n) is 2.95. The van der Waals surface area contributed by atoms with E-state index in [9.17, 15) is 9.59 Å². The van der Waals surface area contributed by atoms with Crippen molar-refractivity contribution in [2.24, 2.45) is 0 Å². The largest absolute Gasteiger partial charge is 0.444 e. The molecule has 0 spiro atoms. The molecule has 0 aromatic rings. The van der Waals surface area contributed by atoms with Crippen molar-refractivity contribution < 1.29 is 23.9 Å². The molecule has 0 radical (unpaired) electrons. The lowest BCUT2D eigenvalue weighted by atomic mass is 9.94. The number of hydrogen-bond donors (Lipinski definition) is 0.